The number of rotatable bonds is 3. The van der Waals surface area contributed by atoms with Gasteiger partial charge in [0.05, 0.1) is 6.61 Å². The molecule has 104 valence electrons. The second kappa shape index (κ2) is 5.53. The molecule has 0 saturated heterocycles. The number of H-pyrrole nitrogens is 1. The van der Waals surface area contributed by atoms with Crippen molar-refractivity contribution in [2.45, 2.75) is 32.6 Å². The minimum Gasteiger partial charge on any atom is -0.461 e. The van der Waals surface area contributed by atoms with E-state index >= 15 is 0 Å². The highest BCUT2D eigenvalue weighted by molar-refractivity contribution is 6.04. The van der Waals surface area contributed by atoms with E-state index in [1.54, 1.807) is 0 Å². The first-order chi connectivity index (χ1) is 9.81. The van der Waals surface area contributed by atoms with E-state index in [4.69, 9.17) is 4.74 Å². The molecule has 3 nitrogen and oxygen atoms in total. The number of allylic oxidation sites excluding steroid dienone is 2. The van der Waals surface area contributed by atoms with Gasteiger partial charge in [-0.1, -0.05) is 24.3 Å². The van der Waals surface area contributed by atoms with Crippen molar-refractivity contribution in [3.8, 4) is 0 Å². The molecule has 0 fully saturated rings. The van der Waals surface area contributed by atoms with E-state index in [0.29, 0.717) is 12.3 Å². The molecule has 1 aromatic carbocycles. The van der Waals surface area contributed by atoms with Gasteiger partial charge < -0.3 is 9.72 Å². The molecule has 3 rings (SSSR count). The van der Waals surface area contributed by atoms with Gasteiger partial charge in [-0.2, -0.15) is 0 Å². The predicted octanol–water partition coefficient (Wildman–Crippen LogP) is 4.30. The Hall–Kier alpha value is -2.03. The van der Waals surface area contributed by atoms with Gasteiger partial charge in [0.25, 0.3) is 0 Å². The Bertz CT molecular complexity index is 667. The van der Waals surface area contributed by atoms with Crippen molar-refractivity contribution >= 4 is 22.4 Å². The molecule has 0 spiro atoms. The van der Waals surface area contributed by atoms with Crippen LogP contribution in [-0.4, -0.2) is 17.6 Å². The van der Waals surface area contributed by atoms with Crippen LogP contribution in [0.2, 0.25) is 0 Å². The van der Waals surface area contributed by atoms with Crippen LogP contribution in [0.1, 0.15) is 48.7 Å². The fourth-order valence-electron chi connectivity index (χ4n) is 2.90. The van der Waals surface area contributed by atoms with Crippen molar-refractivity contribution in [3.05, 3.63) is 41.6 Å². The quantitative estimate of drug-likeness (QED) is 0.844. The minimum atomic E-state index is -0.259. The predicted molar refractivity (Wildman–Crippen MR) is 80.7 cm³/mol. The number of para-hydroxylation sites is 1. The van der Waals surface area contributed by atoms with Gasteiger partial charge in [-0.15, -0.1) is 0 Å². The lowest BCUT2D eigenvalue weighted by Gasteiger charge is -2.13. The van der Waals surface area contributed by atoms with Crippen molar-refractivity contribution in [1.82, 2.24) is 4.98 Å². The normalized spacial score (nSPS) is 15.2. The molecule has 2 aromatic rings. The molecule has 1 aliphatic carbocycles. The fraction of sp³-hybridized carbons (Fsp3) is 0.353. The zero-order valence-electron chi connectivity index (χ0n) is 11.7. The number of benzene rings is 1. The summed E-state index contributed by atoms with van der Waals surface area (Å²) in [6.07, 6.45) is 6.82. The number of esters is 1. The van der Waals surface area contributed by atoms with Crippen LogP contribution in [0.5, 0.6) is 0 Å². The lowest BCUT2D eigenvalue weighted by atomic mass is 9.92. The molecular weight excluding hydrogens is 250 g/mol. The first-order valence-corrected chi connectivity index (χ1v) is 7.28. The summed E-state index contributed by atoms with van der Waals surface area (Å²) in [4.78, 5) is 15.4. The molecule has 0 bridgehead atoms. The van der Waals surface area contributed by atoms with Crippen molar-refractivity contribution < 1.29 is 9.53 Å². The van der Waals surface area contributed by atoms with Crippen LogP contribution in [0.15, 0.2) is 30.3 Å². The summed E-state index contributed by atoms with van der Waals surface area (Å²) in [5, 5.41) is 1.11. The Morgan fingerprint density at radius 1 is 1.30 bits per heavy atom. The Balaban J connectivity index is 2.17. The van der Waals surface area contributed by atoms with E-state index in [1.807, 2.05) is 25.1 Å². The summed E-state index contributed by atoms with van der Waals surface area (Å²) in [5.74, 6) is -0.259. The molecule has 0 aliphatic heterocycles. The van der Waals surface area contributed by atoms with Gasteiger partial charge in [-0.3, -0.25) is 0 Å². The lowest BCUT2D eigenvalue weighted by Crippen LogP contribution is -2.08. The van der Waals surface area contributed by atoms with Crippen LogP contribution in [0.3, 0.4) is 0 Å². The number of aromatic amines is 1. The van der Waals surface area contributed by atoms with Crippen molar-refractivity contribution in [2.75, 3.05) is 6.61 Å². The number of aromatic nitrogens is 1. The average molecular weight is 269 g/mol. The lowest BCUT2D eigenvalue weighted by molar-refractivity contribution is 0.0520. The third kappa shape index (κ3) is 2.24. The standard InChI is InChI=1S/C17H19NO2/c1-2-20-17(19)16-15(12-8-4-3-5-9-12)13-10-6-7-11-14(13)18-16/h6-8,10-11,18H,2-5,9H2,1H3. The van der Waals surface area contributed by atoms with Crippen molar-refractivity contribution in [2.24, 2.45) is 0 Å². The van der Waals surface area contributed by atoms with Crippen LogP contribution in [0.4, 0.5) is 0 Å². The Kier molecular flexibility index (Phi) is 3.59. The number of nitrogens with one attached hydrogen (secondary N) is 1. The van der Waals surface area contributed by atoms with E-state index in [0.717, 1.165) is 29.3 Å². The van der Waals surface area contributed by atoms with Gasteiger partial charge in [0.15, 0.2) is 0 Å². The monoisotopic (exact) mass is 269 g/mol. The maximum Gasteiger partial charge on any atom is 0.355 e. The topological polar surface area (TPSA) is 42.1 Å². The third-order valence-electron chi connectivity index (χ3n) is 3.80. The minimum absolute atomic E-state index is 0.259. The van der Waals surface area contributed by atoms with Gasteiger partial charge in [0.1, 0.15) is 5.69 Å². The molecule has 0 amide bonds. The molecule has 1 aromatic heterocycles. The van der Waals surface area contributed by atoms with Crippen LogP contribution in [0.25, 0.3) is 16.5 Å². The number of hydrogen-bond donors (Lipinski definition) is 1. The number of ether oxygens (including phenoxy) is 1. The second-order valence-corrected chi connectivity index (χ2v) is 5.12. The Morgan fingerprint density at radius 2 is 2.15 bits per heavy atom. The van der Waals surface area contributed by atoms with Crippen molar-refractivity contribution in [1.29, 1.82) is 0 Å². The van der Waals surface area contributed by atoms with E-state index in [1.165, 1.54) is 18.4 Å². The van der Waals surface area contributed by atoms with E-state index < -0.39 is 0 Å². The van der Waals surface area contributed by atoms with Gasteiger partial charge in [0, 0.05) is 16.5 Å². The van der Waals surface area contributed by atoms with E-state index in [9.17, 15) is 4.79 Å². The highest BCUT2D eigenvalue weighted by atomic mass is 16.5. The number of carbonyl (C=O) groups excluding carboxylic acids is 1. The highest BCUT2D eigenvalue weighted by Crippen LogP contribution is 2.34. The first-order valence-electron chi connectivity index (χ1n) is 7.28. The second-order valence-electron chi connectivity index (χ2n) is 5.12. The number of carbonyl (C=O) groups is 1. The number of fused-ring (bicyclic) bond motifs is 1. The molecule has 1 N–H and O–H groups in total. The smallest absolute Gasteiger partial charge is 0.355 e. The summed E-state index contributed by atoms with van der Waals surface area (Å²) < 4.78 is 5.19. The van der Waals surface area contributed by atoms with E-state index in [-0.39, 0.29) is 5.97 Å². The zero-order valence-corrected chi connectivity index (χ0v) is 11.7. The first kappa shape index (κ1) is 13.0. The fourth-order valence-corrected chi connectivity index (χ4v) is 2.90. The maximum absolute atomic E-state index is 12.2. The Labute approximate surface area is 118 Å². The molecule has 0 unspecified atom stereocenters. The molecule has 0 atom stereocenters. The summed E-state index contributed by atoms with van der Waals surface area (Å²) in [5.41, 5.74) is 3.91. The van der Waals surface area contributed by atoms with Crippen LogP contribution in [0, 0.1) is 0 Å². The van der Waals surface area contributed by atoms with Crippen molar-refractivity contribution in [3.63, 3.8) is 0 Å². The van der Waals surface area contributed by atoms with Crippen LogP contribution < -0.4 is 0 Å². The zero-order chi connectivity index (χ0) is 13.9. The third-order valence-corrected chi connectivity index (χ3v) is 3.80. The molecule has 20 heavy (non-hydrogen) atoms. The molecule has 1 aliphatic rings. The number of hydrogen-bond acceptors (Lipinski definition) is 2. The molecule has 0 saturated carbocycles. The summed E-state index contributed by atoms with van der Waals surface area (Å²) in [7, 11) is 0. The molecule has 0 radical (unpaired) electrons. The van der Waals surface area contributed by atoms with Crippen LogP contribution >= 0.6 is 0 Å². The van der Waals surface area contributed by atoms with Crippen LogP contribution in [-0.2, 0) is 4.74 Å². The van der Waals surface area contributed by atoms with Gasteiger partial charge in [0.2, 0.25) is 0 Å². The average Bonchev–Trinajstić information content (AvgIpc) is 2.88. The molecule has 3 heteroatoms. The highest BCUT2D eigenvalue weighted by Gasteiger charge is 2.21. The summed E-state index contributed by atoms with van der Waals surface area (Å²) in [6, 6.07) is 8.06. The molecular formula is C17H19NO2. The summed E-state index contributed by atoms with van der Waals surface area (Å²) >= 11 is 0. The largest absolute Gasteiger partial charge is 0.461 e. The summed E-state index contributed by atoms with van der Waals surface area (Å²) in [6.45, 7) is 2.23. The molecule has 1 heterocycles. The SMILES string of the molecule is CCOC(=O)c1[nH]c2ccccc2c1C1=CCCCC1. The van der Waals surface area contributed by atoms with Gasteiger partial charge >= 0.3 is 5.97 Å². The van der Waals surface area contributed by atoms with E-state index in [2.05, 4.69) is 17.1 Å². The Morgan fingerprint density at radius 3 is 2.90 bits per heavy atom. The van der Waals surface area contributed by atoms with Gasteiger partial charge in [-0.05, 0) is 44.2 Å². The van der Waals surface area contributed by atoms with Gasteiger partial charge in [-0.25, -0.2) is 4.79 Å². The maximum atomic E-state index is 12.2.